The fourth-order valence-electron chi connectivity index (χ4n) is 1.41. The van der Waals surface area contributed by atoms with Gasteiger partial charge in [-0.3, -0.25) is 4.79 Å². The first-order valence-corrected chi connectivity index (χ1v) is 6.85. The topological polar surface area (TPSA) is 86.7 Å². The first kappa shape index (κ1) is 12.4. The Morgan fingerprint density at radius 3 is 2.65 bits per heavy atom. The molecule has 6 nitrogen and oxygen atoms in total. The third kappa shape index (κ3) is 2.04. The zero-order valence-corrected chi connectivity index (χ0v) is 11.1. The Morgan fingerprint density at radius 2 is 2.12 bits per heavy atom. The number of hydrogen-bond donors (Lipinski definition) is 2. The maximum Gasteiger partial charge on any atom is 0.326 e. The summed E-state index contributed by atoms with van der Waals surface area (Å²) in [6.07, 6.45) is 0. The number of carbonyl (C=O) groups is 1. The molecule has 1 heterocycles. The number of nitrogens with zero attached hydrogens (tertiary/aromatic N) is 1. The van der Waals surface area contributed by atoms with Crippen molar-refractivity contribution in [2.75, 3.05) is 10.8 Å². The molecule has 1 fully saturated rings. The van der Waals surface area contributed by atoms with Gasteiger partial charge >= 0.3 is 10.2 Å². The molecular formula is C8H6FIN2O4S. The van der Waals surface area contributed by atoms with Crippen LogP contribution in [0.2, 0.25) is 0 Å². The molecule has 0 spiro atoms. The Kier molecular flexibility index (Phi) is 2.89. The minimum absolute atomic E-state index is 0.143. The third-order valence-electron chi connectivity index (χ3n) is 2.12. The summed E-state index contributed by atoms with van der Waals surface area (Å²) in [4.78, 5) is 11.0. The van der Waals surface area contributed by atoms with E-state index < -0.39 is 39.9 Å². The summed E-state index contributed by atoms with van der Waals surface area (Å²) in [5.74, 6) is -2.20. The van der Waals surface area contributed by atoms with Crippen LogP contribution in [0.1, 0.15) is 0 Å². The molecule has 0 bridgehead atoms. The molecule has 1 saturated heterocycles. The normalized spacial score (nSPS) is 18.2. The van der Waals surface area contributed by atoms with Crippen LogP contribution >= 0.6 is 22.6 Å². The van der Waals surface area contributed by atoms with Crippen molar-refractivity contribution >= 4 is 44.4 Å². The van der Waals surface area contributed by atoms with Gasteiger partial charge in [-0.15, -0.1) is 0 Å². The summed E-state index contributed by atoms with van der Waals surface area (Å²) in [7, 11) is -4.12. The molecule has 2 rings (SSSR count). The van der Waals surface area contributed by atoms with Crippen LogP contribution in [0, 0.1) is 9.39 Å². The number of benzene rings is 1. The van der Waals surface area contributed by atoms with Crippen molar-refractivity contribution in [3.63, 3.8) is 0 Å². The monoisotopic (exact) mass is 372 g/mol. The molecule has 2 N–H and O–H groups in total. The van der Waals surface area contributed by atoms with Crippen LogP contribution in [0.4, 0.5) is 10.1 Å². The number of phenols is 1. The minimum Gasteiger partial charge on any atom is -0.506 e. The fraction of sp³-hybridized carbons (Fsp3) is 0.125. The Balaban J connectivity index is 2.63. The number of anilines is 1. The van der Waals surface area contributed by atoms with E-state index in [1.807, 2.05) is 0 Å². The second kappa shape index (κ2) is 3.98. The third-order valence-corrected chi connectivity index (χ3v) is 4.33. The van der Waals surface area contributed by atoms with E-state index in [-0.39, 0.29) is 3.57 Å². The number of aromatic hydroxyl groups is 1. The Hall–Kier alpha value is -1.10. The summed E-state index contributed by atoms with van der Waals surface area (Å²) in [5.41, 5.74) is -0.518. The molecule has 17 heavy (non-hydrogen) atoms. The zero-order chi connectivity index (χ0) is 12.8. The molecule has 9 heteroatoms. The number of rotatable bonds is 1. The van der Waals surface area contributed by atoms with E-state index >= 15 is 0 Å². The molecule has 0 atom stereocenters. The molecule has 0 radical (unpaired) electrons. The molecule has 92 valence electrons. The van der Waals surface area contributed by atoms with Gasteiger partial charge in [0.1, 0.15) is 18.0 Å². The number of hydrogen-bond acceptors (Lipinski definition) is 4. The molecule has 0 saturated carbocycles. The van der Waals surface area contributed by atoms with Crippen LogP contribution in [0.15, 0.2) is 12.1 Å². The largest absolute Gasteiger partial charge is 0.506 e. The highest BCUT2D eigenvalue weighted by Crippen LogP contribution is 2.35. The van der Waals surface area contributed by atoms with Gasteiger partial charge in [0.2, 0.25) is 0 Å². The molecule has 0 unspecified atom stereocenters. The lowest BCUT2D eigenvalue weighted by molar-refractivity contribution is -0.117. The van der Waals surface area contributed by atoms with E-state index in [2.05, 4.69) is 0 Å². The smallest absolute Gasteiger partial charge is 0.326 e. The van der Waals surface area contributed by atoms with Gasteiger partial charge in [-0.1, -0.05) is 0 Å². The number of nitrogens with one attached hydrogen (secondary N) is 1. The molecule has 1 aliphatic rings. The van der Waals surface area contributed by atoms with Gasteiger partial charge in [0.25, 0.3) is 5.91 Å². The predicted molar refractivity (Wildman–Crippen MR) is 65.2 cm³/mol. The van der Waals surface area contributed by atoms with E-state index in [0.29, 0.717) is 4.31 Å². The lowest BCUT2D eigenvalue weighted by Crippen LogP contribution is -2.30. The molecule has 1 aromatic rings. The van der Waals surface area contributed by atoms with Crippen LogP contribution in [0.5, 0.6) is 5.75 Å². The highest BCUT2D eigenvalue weighted by atomic mass is 127. The van der Waals surface area contributed by atoms with Gasteiger partial charge in [-0.05, 0) is 34.7 Å². The fourth-order valence-corrected chi connectivity index (χ4v) is 3.01. The Morgan fingerprint density at radius 1 is 1.47 bits per heavy atom. The van der Waals surface area contributed by atoms with Crippen molar-refractivity contribution in [2.24, 2.45) is 0 Å². The Labute approximate surface area is 110 Å². The molecule has 1 amide bonds. The lowest BCUT2D eigenvalue weighted by Gasteiger charge is -2.17. The molecule has 0 aromatic heterocycles. The highest BCUT2D eigenvalue weighted by Gasteiger charge is 2.37. The van der Waals surface area contributed by atoms with Gasteiger partial charge in [-0.2, -0.15) is 8.42 Å². The SMILES string of the molecule is O=C1CN(c2c(O)ccc(I)c2F)S(=O)(=O)N1. The highest BCUT2D eigenvalue weighted by molar-refractivity contribution is 14.1. The maximum atomic E-state index is 13.8. The van der Waals surface area contributed by atoms with Gasteiger partial charge in [0.05, 0.1) is 3.57 Å². The molecule has 1 aromatic carbocycles. The second-order valence-electron chi connectivity index (χ2n) is 3.27. The first-order chi connectivity index (χ1) is 7.83. The summed E-state index contributed by atoms with van der Waals surface area (Å²) >= 11 is 1.66. The van der Waals surface area contributed by atoms with Crippen LogP contribution in [-0.2, 0) is 15.0 Å². The van der Waals surface area contributed by atoms with E-state index in [4.69, 9.17) is 0 Å². The van der Waals surface area contributed by atoms with Crippen molar-refractivity contribution in [3.05, 3.63) is 21.5 Å². The van der Waals surface area contributed by atoms with E-state index in [1.54, 1.807) is 27.3 Å². The predicted octanol–water partition coefficient (Wildman–Crippen LogP) is 0.317. The molecule has 0 aliphatic carbocycles. The van der Waals surface area contributed by atoms with Crippen molar-refractivity contribution in [1.82, 2.24) is 4.72 Å². The van der Waals surface area contributed by atoms with E-state index in [9.17, 15) is 22.7 Å². The Bertz CT molecular complexity index is 604. The molecular weight excluding hydrogens is 366 g/mol. The second-order valence-corrected chi connectivity index (χ2v) is 6.02. The van der Waals surface area contributed by atoms with Gasteiger partial charge in [0, 0.05) is 0 Å². The first-order valence-electron chi connectivity index (χ1n) is 4.33. The summed E-state index contributed by atoms with van der Waals surface area (Å²) in [6, 6.07) is 2.46. The number of amides is 1. The van der Waals surface area contributed by atoms with Gasteiger partial charge < -0.3 is 5.11 Å². The standard InChI is InChI=1S/C8H6FIN2O4S/c9-7-4(10)1-2-5(13)8(7)12-3-6(14)11-17(12,15)16/h1-2,13H,3H2,(H,11,14). The maximum absolute atomic E-state index is 13.8. The van der Waals surface area contributed by atoms with Crippen LogP contribution in [0.25, 0.3) is 0 Å². The summed E-state index contributed by atoms with van der Waals surface area (Å²) in [6.45, 7) is -0.549. The quantitative estimate of drug-likeness (QED) is 0.696. The van der Waals surface area contributed by atoms with Gasteiger partial charge in [0.15, 0.2) is 5.82 Å². The number of phenolic OH excluding ortho intramolecular Hbond substituents is 1. The zero-order valence-electron chi connectivity index (χ0n) is 8.15. The summed E-state index contributed by atoms with van der Waals surface area (Å²) in [5, 5.41) is 9.51. The van der Waals surface area contributed by atoms with Crippen LogP contribution in [-0.4, -0.2) is 26.0 Å². The van der Waals surface area contributed by atoms with Crippen molar-refractivity contribution in [1.29, 1.82) is 0 Å². The number of carbonyl (C=O) groups excluding carboxylic acids is 1. The molecule has 1 aliphatic heterocycles. The van der Waals surface area contributed by atoms with Crippen LogP contribution in [0.3, 0.4) is 0 Å². The lowest BCUT2D eigenvalue weighted by atomic mass is 10.3. The minimum atomic E-state index is -4.12. The average molecular weight is 372 g/mol. The summed E-state index contributed by atoms with van der Waals surface area (Å²) < 4.78 is 39.1. The van der Waals surface area contributed by atoms with Crippen molar-refractivity contribution in [3.8, 4) is 5.75 Å². The number of halogens is 2. The van der Waals surface area contributed by atoms with Gasteiger partial charge in [-0.25, -0.2) is 13.4 Å². The van der Waals surface area contributed by atoms with Crippen LogP contribution < -0.4 is 9.03 Å². The average Bonchev–Trinajstić information content (AvgIpc) is 2.47. The van der Waals surface area contributed by atoms with E-state index in [0.717, 1.165) is 0 Å². The van der Waals surface area contributed by atoms with E-state index in [1.165, 1.54) is 12.1 Å². The van der Waals surface area contributed by atoms with Crippen molar-refractivity contribution < 1.29 is 22.7 Å². The van der Waals surface area contributed by atoms with Crippen molar-refractivity contribution in [2.45, 2.75) is 0 Å².